The van der Waals surface area contributed by atoms with Crippen LogP contribution >= 0.6 is 0 Å². The molecule has 1 aromatic heterocycles. The SMILES string of the molecule is CCCCCN(CCOc1ccc(CCC)cc1)c1ccccn1. The second-order valence-corrected chi connectivity index (χ2v) is 6.12. The van der Waals surface area contributed by atoms with Gasteiger partial charge in [-0.1, -0.05) is 51.3 Å². The van der Waals surface area contributed by atoms with Crippen molar-refractivity contribution >= 4 is 5.82 Å². The van der Waals surface area contributed by atoms with Crippen molar-refractivity contribution in [3.8, 4) is 5.75 Å². The third kappa shape index (κ3) is 6.23. The van der Waals surface area contributed by atoms with Crippen LogP contribution in [-0.4, -0.2) is 24.7 Å². The fraction of sp³-hybridized carbons (Fsp3) is 0.476. The van der Waals surface area contributed by atoms with Crippen molar-refractivity contribution in [2.45, 2.75) is 46.0 Å². The molecule has 0 fully saturated rings. The number of ether oxygens (including phenoxy) is 1. The van der Waals surface area contributed by atoms with Gasteiger partial charge in [-0.2, -0.15) is 0 Å². The fourth-order valence-electron chi connectivity index (χ4n) is 2.75. The molecule has 0 radical (unpaired) electrons. The second kappa shape index (κ2) is 10.7. The number of rotatable bonds is 11. The Balaban J connectivity index is 1.85. The zero-order chi connectivity index (χ0) is 17.0. The Labute approximate surface area is 146 Å². The molecule has 24 heavy (non-hydrogen) atoms. The average molecular weight is 326 g/mol. The lowest BCUT2D eigenvalue weighted by Gasteiger charge is -2.23. The number of pyridine rings is 1. The van der Waals surface area contributed by atoms with Crippen molar-refractivity contribution in [2.24, 2.45) is 0 Å². The first kappa shape index (κ1) is 18.3. The zero-order valence-electron chi connectivity index (χ0n) is 15.1. The highest BCUT2D eigenvalue weighted by molar-refractivity contribution is 5.37. The average Bonchev–Trinajstić information content (AvgIpc) is 2.63. The van der Waals surface area contributed by atoms with Gasteiger partial charge in [-0.15, -0.1) is 0 Å². The van der Waals surface area contributed by atoms with E-state index >= 15 is 0 Å². The minimum absolute atomic E-state index is 0.676. The van der Waals surface area contributed by atoms with E-state index in [-0.39, 0.29) is 0 Å². The van der Waals surface area contributed by atoms with Gasteiger partial charge < -0.3 is 9.64 Å². The van der Waals surface area contributed by atoms with Crippen LogP contribution in [0, 0.1) is 0 Å². The molecule has 3 nitrogen and oxygen atoms in total. The highest BCUT2D eigenvalue weighted by Gasteiger charge is 2.07. The first-order chi connectivity index (χ1) is 11.8. The molecule has 1 heterocycles. The molecule has 0 unspecified atom stereocenters. The van der Waals surface area contributed by atoms with Gasteiger partial charge in [0.25, 0.3) is 0 Å². The Kier molecular flexibility index (Phi) is 8.16. The van der Waals surface area contributed by atoms with Gasteiger partial charge in [-0.25, -0.2) is 4.98 Å². The zero-order valence-corrected chi connectivity index (χ0v) is 15.1. The number of hydrogen-bond acceptors (Lipinski definition) is 3. The summed E-state index contributed by atoms with van der Waals surface area (Å²) >= 11 is 0. The van der Waals surface area contributed by atoms with Gasteiger partial charge in [0.05, 0.1) is 6.54 Å². The molecular formula is C21H30N2O. The van der Waals surface area contributed by atoms with Crippen LogP contribution in [0.25, 0.3) is 0 Å². The third-order valence-electron chi connectivity index (χ3n) is 4.10. The molecule has 0 N–H and O–H groups in total. The summed E-state index contributed by atoms with van der Waals surface area (Å²) in [5.74, 6) is 1.99. The lowest BCUT2D eigenvalue weighted by molar-refractivity contribution is 0.323. The van der Waals surface area contributed by atoms with Crippen molar-refractivity contribution < 1.29 is 4.74 Å². The number of anilines is 1. The smallest absolute Gasteiger partial charge is 0.128 e. The summed E-state index contributed by atoms with van der Waals surface area (Å²) in [6, 6.07) is 14.6. The topological polar surface area (TPSA) is 25.4 Å². The van der Waals surface area contributed by atoms with Gasteiger partial charge in [0, 0.05) is 12.7 Å². The summed E-state index contributed by atoms with van der Waals surface area (Å²) in [5.41, 5.74) is 1.37. The molecule has 1 aromatic carbocycles. The summed E-state index contributed by atoms with van der Waals surface area (Å²) in [4.78, 5) is 6.81. The van der Waals surface area contributed by atoms with Gasteiger partial charge in [-0.3, -0.25) is 0 Å². The van der Waals surface area contributed by atoms with Gasteiger partial charge >= 0.3 is 0 Å². The van der Waals surface area contributed by atoms with E-state index in [0.717, 1.165) is 31.1 Å². The van der Waals surface area contributed by atoms with Crippen LogP contribution in [0.3, 0.4) is 0 Å². The van der Waals surface area contributed by atoms with E-state index < -0.39 is 0 Å². The maximum Gasteiger partial charge on any atom is 0.128 e. The van der Waals surface area contributed by atoms with E-state index in [1.807, 2.05) is 18.3 Å². The molecule has 0 bridgehead atoms. The van der Waals surface area contributed by atoms with Crippen LogP contribution in [0.4, 0.5) is 5.82 Å². The Morgan fingerprint density at radius 2 is 1.75 bits per heavy atom. The molecule has 2 aromatic rings. The molecule has 0 atom stereocenters. The Bertz CT molecular complexity index is 554. The Morgan fingerprint density at radius 3 is 2.42 bits per heavy atom. The van der Waals surface area contributed by atoms with Crippen molar-refractivity contribution in [1.82, 2.24) is 4.98 Å². The molecular weight excluding hydrogens is 296 g/mol. The molecule has 0 amide bonds. The molecule has 2 rings (SSSR count). The molecule has 0 saturated carbocycles. The normalized spacial score (nSPS) is 10.6. The molecule has 0 aliphatic carbocycles. The summed E-state index contributed by atoms with van der Waals surface area (Å²) in [5, 5.41) is 0. The molecule has 0 aliphatic heterocycles. The monoisotopic (exact) mass is 326 g/mol. The maximum absolute atomic E-state index is 5.93. The number of hydrogen-bond donors (Lipinski definition) is 0. The second-order valence-electron chi connectivity index (χ2n) is 6.12. The number of unbranched alkanes of at least 4 members (excludes halogenated alkanes) is 2. The van der Waals surface area contributed by atoms with Crippen molar-refractivity contribution in [2.75, 3.05) is 24.6 Å². The van der Waals surface area contributed by atoms with Crippen molar-refractivity contribution in [1.29, 1.82) is 0 Å². The highest BCUT2D eigenvalue weighted by atomic mass is 16.5. The number of benzene rings is 1. The van der Waals surface area contributed by atoms with Crippen molar-refractivity contribution in [3.63, 3.8) is 0 Å². The molecule has 0 saturated heterocycles. The standard InChI is InChI=1S/C21H30N2O/c1-3-5-8-16-23(21-10-6-7-15-22-21)17-18-24-20-13-11-19(9-4-2)12-14-20/h6-7,10-15H,3-5,8-9,16-18H2,1-2H3. The van der Waals surface area contributed by atoms with E-state index in [4.69, 9.17) is 4.74 Å². The van der Waals surface area contributed by atoms with Gasteiger partial charge in [-0.05, 0) is 42.7 Å². The number of nitrogens with zero attached hydrogens (tertiary/aromatic N) is 2. The van der Waals surface area contributed by atoms with Crippen LogP contribution in [-0.2, 0) is 6.42 Å². The van der Waals surface area contributed by atoms with E-state index in [9.17, 15) is 0 Å². The molecule has 130 valence electrons. The number of aryl methyl sites for hydroxylation is 1. The third-order valence-corrected chi connectivity index (χ3v) is 4.10. The van der Waals surface area contributed by atoms with E-state index in [0.29, 0.717) is 6.61 Å². The predicted molar refractivity (Wildman–Crippen MR) is 102 cm³/mol. The predicted octanol–water partition coefficient (Wildman–Crippen LogP) is 5.11. The highest BCUT2D eigenvalue weighted by Crippen LogP contribution is 2.15. The van der Waals surface area contributed by atoms with Crippen LogP contribution < -0.4 is 9.64 Å². The molecule has 0 aliphatic rings. The summed E-state index contributed by atoms with van der Waals surface area (Å²) in [6.45, 7) is 7.00. The summed E-state index contributed by atoms with van der Waals surface area (Å²) in [7, 11) is 0. The number of aromatic nitrogens is 1. The van der Waals surface area contributed by atoms with Crippen LogP contribution in [0.15, 0.2) is 48.7 Å². The molecule has 0 spiro atoms. The largest absolute Gasteiger partial charge is 0.492 e. The fourth-order valence-corrected chi connectivity index (χ4v) is 2.75. The lowest BCUT2D eigenvalue weighted by atomic mass is 10.1. The van der Waals surface area contributed by atoms with Gasteiger partial charge in [0.2, 0.25) is 0 Å². The minimum Gasteiger partial charge on any atom is -0.492 e. The van der Waals surface area contributed by atoms with Crippen molar-refractivity contribution in [3.05, 3.63) is 54.2 Å². The van der Waals surface area contributed by atoms with Gasteiger partial charge in [0.15, 0.2) is 0 Å². The van der Waals surface area contributed by atoms with Crippen LogP contribution in [0.2, 0.25) is 0 Å². The first-order valence-corrected chi connectivity index (χ1v) is 9.21. The summed E-state index contributed by atoms with van der Waals surface area (Å²) < 4.78 is 5.93. The lowest BCUT2D eigenvalue weighted by Crippen LogP contribution is -2.30. The summed E-state index contributed by atoms with van der Waals surface area (Å²) in [6.07, 6.45) is 7.84. The van der Waals surface area contributed by atoms with E-state index in [2.05, 4.69) is 54.1 Å². The van der Waals surface area contributed by atoms with Crippen LogP contribution in [0.1, 0.15) is 45.1 Å². The van der Waals surface area contributed by atoms with E-state index in [1.165, 1.54) is 31.2 Å². The molecule has 3 heteroatoms. The maximum atomic E-state index is 5.93. The van der Waals surface area contributed by atoms with Crippen LogP contribution in [0.5, 0.6) is 5.75 Å². The minimum atomic E-state index is 0.676. The first-order valence-electron chi connectivity index (χ1n) is 9.21. The quantitative estimate of drug-likeness (QED) is 0.537. The van der Waals surface area contributed by atoms with Gasteiger partial charge in [0.1, 0.15) is 18.2 Å². The van der Waals surface area contributed by atoms with E-state index in [1.54, 1.807) is 0 Å². The Hall–Kier alpha value is -2.03. The Morgan fingerprint density at radius 1 is 0.917 bits per heavy atom.